The van der Waals surface area contributed by atoms with Gasteiger partial charge in [0.2, 0.25) is 5.91 Å². The molecule has 5 nitrogen and oxygen atoms in total. The van der Waals surface area contributed by atoms with Crippen LogP contribution in [0.15, 0.2) is 18.2 Å². The topological polar surface area (TPSA) is 73.6 Å². The van der Waals surface area contributed by atoms with Gasteiger partial charge in [-0.2, -0.15) is 8.78 Å². The van der Waals surface area contributed by atoms with Crippen molar-refractivity contribution in [1.82, 2.24) is 0 Å². The van der Waals surface area contributed by atoms with Gasteiger partial charge in [-0.05, 0) is 25.5 Å². The van der Waals surface area contributed by atoms with Gasteiger partial charge in [0.15, 0.2) is 0 Å². The Hall–Kier alpha value is -1.89. The fraction of sp³-hybridized carbons (Fsp3) is 0.462. The molecule has 1 aromatic rings. The number of alkyl halides is 2. The van der Waals surface area contributed by atoms with Crippen LogP contribution in [0.2, 0.25) is 0 Å². The van der Waals surface area contributed by atoms with Gasteiger partial charge >= 0.3 is 6.61 Å². The van der Waals surface area contributed by atoms with Crippen molar-refractivity contribution in [1.29, 1.82) is 0 Å². The standard InChI is InChI=1S/C13H18F2N2O3/c1-4-13(2,16)11(18)17-9-7-8(19-3)5-6-10(9)20-12(14)15/h5-7,12H,4,16H2,1-3H3,(H,17,18). The predicted octanol–water partition coefficient (Wildman–Crippen LogP) is 2.36. The molecule has 0 fully saturated rings. The van der Waals surface area contributed by atoms with E-state index in [1.807, 2.05) is 0 Å². The highest BCUT2D eigenvalue weighted by atomic mass is 19.3. The number of anilines is 1. The van der Waals surface area contributed by atoms with Crippen molar-refractivity contribution in [2.75, 3.05) is 12.4 Å². The molecule has 0 aliphatic heterocycles. The summed E-state index contributed by atoms with van der Waals surface area (Å²) in [5.41, 5.74) is 4.77. The quantitative estimate of drug-likeness (QED) is 0.842. The number of nitrogens with two attached hydrogens (primary N) is 1. The second-order valence-corrected chi connectivity index (χ2v) is 4.47. The molecule has 0 aromatic heterocycles. The van der Waals surface area contributed by atoms with Crippen LogP contribution < -0.4 is 20.5 Å². The molecule has 0 saturated heterocycles. The molecule has 3 N–H and O–H groups in total. The molecule has 1 unspecified atom stereocenters. The zero-order valence-corrected chi connectivity index (χ0v) is 11.6. The average Bonchev–Trinajstić information content (AvgIpc) is 2.40. The predicted molar refractivity (Wildman–Crippen MR) is 71.1 cm³/mol. The molecule has 0 heterocycles. The van der Waals surface area contributed by atoms with Crippen molar-refractivity contribution in [3.8, 4) is 11.5 Å². The van der Waals surface area contributed by atoms with Crippen LogP contribution in [0, 0.1) is 0 Å². The Morgan fingerprint density at radius 1 is 1.50 bits per heavy atom. The molecule has 1 amide bonds. The minimum absolute atomic E-state index is 0.0831. The van der Waals surface area contributed by atoms with Crippen LogP contribution in [0.4, 0.5) is 14.5 Å². The number of hydrogen-bond donors (Lipinski definition) is 2. The monoisotopic (exact) mass is 288 g/mol. The second-order valence-electron chi connectivity index (χ2n) is 4.47. The Morgan fingerprint density at radius 2 is 2.15 bits per heavy atom. The number of rotatable bonds is 6. The molecule has 20 heavy (non-hydrogen) atoms. The van der Waals surface area contributed by atoms with Gasteiger partial charge in [0, 0.05) is 6.07 Å². The lowest BCUT2D eigenvalue weighted by Crippen LogP contribution is -2.47. The van der Waals surface area contributed by atoms with E-state index in [0.29, 0.717) is 12.2 Å². The zero-order chi connectivity index (χ0) is 15.3. The molecule has 0 radical (unpaired) electrons. The van der Waals surface area contributed by atoms with Crippen LogP contribution in [-0.2, 0) is 4.79 Å². The van der Waals surface area contributed by atoms with Gasteiger partial charge in [-0.25, -0.2) is 0 Å². The third-order valence-electron chi connectivity index (χ3n) is 2.90. The summed E-state index contributed by atoms with van der Waals surface area (Å²) in [5.74, 6) is -0.245. The fourth-order valence-corrected chi connectivity index (χ4v) is 1.36. The molecule has 1 atom stereocenters. The van der Waals surface area contributed by atoms with Crippen molar-refractivity contribution in [2.45, 2.75) is 32.4 Å². The number of carbonyl (C=O) groups is 1. The van der Waals surface area contributed by atoms with E-state index >= 15 is 0 Å². The molecule has 7 heteroatoms. The average molecular weight is 288 g/mol. The van der Waals surface area contributed by atoms with E-state index in [4.69, 9.17) is 10.5 Å². The Balaban J connectivity index is 3.04. The molecule has 1 rings (SSSR count). The molecule has 112 valence electrons. The number of nitrogens with one attached hydrogen (secondary N) is 1. The summed E-state index contributed by atoms with van der Waals surface area (Å²) < 4.78 is 34.0. The highest BCUT2D eigenvalue weighted by Gasteiger charge is 2.27. The Morgan fingerprint density at radius 3 is 2.65 bits per heavy atom. The number of ether oxygens (including phenoxy) is 2. The van der Waals surface area contributed by atoms with Crippen molar-refractivity contribution in [2.24, 2.45) is 5.73 Å². The largest absolute Gasteiger partial charge is 0.497 e. The van der Waals surface area contributed by atoms with E-state index in [-0.39, 0.29) is 11.4 Å². The number of carbonyl (C=O) groups excluding carboxylic acids is 1. The van der Waals surface area contributed by atoms with Crippen molar-refractivity contribution in [3.05, 3.63) is 18.2 Å². The summed E-state index contributed by atoms with van der Waals surface area (Å²) in [7, 11) is 1.42. The van der Waals surface area contributed by atoms with Crippen LogP contribution in [-0.4, -0.2) is 25.2 Å². The molecule has 0 spiro atoms. The summed E-state index contributed by atoms with van der Waals surface area (Å²) in [6, 6.07) is 4.14. The van der Waals surface area contributed by atoms with Gasteiger partial charge in [-0.3, -0.25) is 4.79 Å². The first-order chi connectivity index (χ1) is 9.30. The van der Waals surface area contributed by atoms with Crippen LogP contribution in [0.25, 0.3) is 0 Å². The Kier molecular flexibility index (Phi) is 5.26. The smallest absolute Gasteiger partial charge is 0.387 e. The van der Waals surface area contributed by atoms with Gasteiger partial charge in [-0.15, -0.1) is 0 Å². The highest BCUT2D eigenvalue weighted by molar-refractivity contribution is 5.98. The lowest BCUT2D eigenvalue weighted by atomic mass is 9.99. The molecule has 0 aliphatic rings. The Bertz CT molecular complexity index is 479. The number of amides is 1. The summed E-state index contributed by atoms with van der Waals surface area (Å²) in [4.78, 5) is 12.0. The summed E-state index contributed by atoms with van der Waals surface area (Å²) in [6.07, 6.45) is 0.397. The summed E-state index contributed by atoms with van der Waals surface area (Å²) in [6.45, 7) is 0.312. The Labute approximate surface area is 116 Å². The number of halogens is 2. The third kappa shape index (κ3) is 4.06. The highest BCUT2D eigenvalue weighted by Crippen LogP contribution is 2.31. The number of benzene rings is 1. The van der Waals surface area contributed by atoms with Crippen LogP contribution in [0.3, 0.4) is 0 Å². The first-order valence-corrected chi connectivity index (χ1v) is 6.03. The maximum Gasteiger partial charge on any atom is 0.387 e. The van der Waals surface area contributed by atoms with Crippen LogP contribution >= 0.6 is 0 Å². The van der Waals surface area contributed by atoms with E-state index in [0.717, 1.165) is 0 Å². The van der Waals surface area contributed by atoms with Crippen molar-refractivity contribution < 1.29 is 23.0 Å². The van der Waals surface area contributed by atoms with Crippen LogP contribution in [0.1, 0.15) is 20.3 Å². The van der Waals surface area contributed by atoms with E-state index in [1.54, 1.807) is 13.8 Å². The van der Waals surface area contributed by atoms with E-state index in [1.165, 1.54) is 25.3 Å². The van der Waals surface area contributed by atoms with Gasteiger partial charge in [0.25, 0.3) is 0 Å². The minimum Gasteiger partial charge on any atom is -0.497 e. The maximum atomic E-state index is 12.3. The van der Waals surface area contributed by atoms with Crippen molar-refractivity contribution in [3.63, 3.8) is 0 Å². The minimum atomic E-state index is -2.99. The number of methoxy groups -OCH3 is 1. The maximum absolute atomic E-state index is 12.3. The van der Waals surface area contributed by atoms with E-state index < -0.39 is 18.1 Å². The molecule has 0 bridgehead atoms. The third-order valence-corrected chi connectivity index (χ3v) is 2.90. The van der Waals surface area contributed by atoms with Crippen LogP contribution in [0.5, 0.6) is 11.5 Å². The molecule has 1 aromatic carbocycles. The van der Waals surface area contributed by atoms with E-state index in [2.05, 4.69) is 10.1 Å². The number of hydrogen-bond acceptors (Lipinski definition) is 4. The first-order valence-electron chi connectivity index (χ1n) is 6.03. The van der Waals surface area contributed by atoms with Gasteiger partial charge in [0.05, 0.1) is 18.3 Å². The van der Waals surface area contributed by atoms with Gasteiger partial charge in [-0.1, -0.05) is 6.92 Å². The molecule has 0 saturated carbocycles. The molecular weight excluding hydrogens is 270 g/mol. The summed E-state index contributed by atoms with van der Waals surface area (Å²) >= 11 is 0. The lowest BCUT2D eigenvalue weighted by Gasteiger charge is -2.22. The first kappa shape index (κ1) is 16.2. The van der Waals surface area contributed by atoms with Gasteiger partial charge in [0.1, 0.15) is 11.5 Å². The zero-order valence-electron chi connectivity index (χ0n) is 11.6. The van der Waals surface area contributed by atoms with Crippen molar-refractivity contribution >= 4 is 11.6 Å². The second kappa shape index (κ2) is 6.51. The van der Waals surface area contributed by atoms with Gasteiger partial charge < -0.3 is 20.5 Å². The molecule has 0 aliphatic carbocycles. The molecular formula is C13H18F2N2O3. The lowest BCUT2D eigenvalue weighted by molar-refractivity contribution is -0.120. The van der Waals surface area contributed by atoms with E-state index in [9.17, 15) is 13.6 Å². The normalized spacial score (nSPS) is 13.8. The summed E-state index contributed by atoms with van der Waals surface area (Å²) in [5, 5.41) is 2.48. The SMILES string of the molecule is CCC(C)(N)C(=O)Nc1cc(OC)ccc1OC(F)F. The fourth-order valence-electron chi connectivity index (χ4n) is 1.36.